The van der Waals surface area contributed by atoms with Crippen molar-refractivity contribution in [2.45, 2.75) is 19.4 Å². The summed E-state index contributed by atoms with van der Waals surface area (Å²) in [5.41, 5.74) is 0.445. The van der Waals surface area contributed by atoms with E-state index in [1.165, 1.54) is 18.4 Å². The number of hydrogen-bond acceptors (Lipinski definition) is 6. The highest BCUT2D eigenvalue weighted by atomic mass is 16.5. The zero-order valence-electron chi connectivity index (χ0n) is 15.1. The number of methoxy groups -OCH3 is 1. The Morgan fingerprint density at radius 3 is 2.41 bits per heavy atom. The van der Waals surface area contributed by atoms with Crippen molar-refractivity contribution in [3.63, 3.8) is 0 Å². The molecule has 2 N–H and O–H groups in total. The van der Waals surface area contributed by atoms with Crippen LogP contribution in [0.2, 0.25) is 0 Å². The number of fused-ring (bicyclic) bond motifs is 2. The van der Waals surface area contributed by atoms with Gasteiger partial charge in [0.25, 0.3) is 0 Å². The molecule has 0 unspecified atom stereocenters. The number of furan rings is 1. The van der Waals surface area contributed by atoms with E-state index in [1.54, 1.807) is 31.4 Å². The van der Waals surface area contributed by atoms with Crippen LogP contribution in [0.4, 0.5) is 0 Å². The number of rotatable bonds is 3. The SMILES string of the molecule is COC(C)(C)c1cc2c(O)c3c(=O)c(-c4ccc(O)cc4)coc3cc2o1. The van der Waals surface area contributed by atoms with Crippen molar-refractivity contribution >= 4 is 21.9 Å². The van der Waals surface area contributed by atoms with Gasteiger partial charge in [0.1, 0.15) is 45.7 Å². The van der Waals surface area contributed by atoms with Gasteiger partial charge in [-0.25, -0.2) is 0 Å². The van der Waals surface area contributed by atoms with Crippen molar-refractivity contribution < 1.29 is 23.8 Å². The molecule has 0 spiro atoms. The topological polar surface area (TPSA) is 93.0 Å². The Kier molecular flexibility index (Phi) is 3.75. The van der Waals surface area contributed by atoms with Gasteiger partial charge in [0, 0.05) is 13.2 Å². The van der Waals surface area contributed by atoms with Crippen LogP contribution in [0.1, 0.15) is 19.6 Å². The Bertz CT molecular complexity index is 1210. The highest BCUT2D eigenvalue weighted by Crippen LogP contribution is 2.38. The number of aromatic hydroxyl groups is 2. The third-order valence-corrected chi connectivity index (χ3v) is 4.82. The number of hydrogen-bond donors (Lipinski definition) is 2. The molecule has 0 saturated heterocycles. The summed E-state index contributed by atoms with van der Waals surface area (Å²) in [4.78, 5) is 13.0. The van der Waals surface area contributed by atoms with Crippen molar-refractivity contribution in [1.82, 2.24) is 0 Å². The first-order valence-electron chi connectivity index (χ1n) is 8.38. The molecule has 4 aromatic rings. The number of phenols is 2. The summed E-state index contributed by atoms with van der Waals surface area (Å²) in [6.07, 6.45) is 1.34. The molecule has 6 nitrogen and oxygen atoms in total. The second-order valence-electron chi connectivity index (χ2n) is 6.86. The summed E-state index contributed by atoms with van der Waals surface area (Å²) in [5.74, 6) is 0.427. The second kappa shape index (κ2) is 5.89. The quantitative estimate of drug-likeness (QED) is 0.555. The summed E-state index contributed by atoms with van der Waals surface area (Å²) < 4.78 is 16.8. The first-order chi connectivity index (χ1) is 12.8. The van der Waals surface area contributed by atoms with E-state index in [9.17, 15) is 15.0 Å². The van der Waals surface area contributed by atoms with E-state index in [2.05, 4.69) is 0 Å². The standard InChI is InChI=1S/C21H18O6/c1-21(2,25-3)17-8-13-15(27-17)9-16-18(19(13)23)20(24)14(10-26-16)11-4-6-12(22)7-5-11/h4-10,22-23H,1-3H3. The average molecular weight is 366 g/mol. The zero-order chi connectivity index (χ0) is 19.3. The molecule has 2 aromatic heterocycles. The van der Waals surface area contributed by atoms with Crippen molar-refractivity contribution in [3.8, 4) is 22.6 Å². The van der Waals surface area contributed by atoms with Crippen LogP contribution in [0, 0.1) is 0 Å². The minimum Gasteiger partial charge on any atom is -0.508 e. The van der Waals surface area contributed by atoms with Crippen LogP contribution >= 0.6 is 0 Å². The lowest BCUT2D eigenvalue weighted by Crippen LogP contribution is -2.18. The Hall–Kier alpha value is -3.25. The van der Waals surface area contributed by atoms with Gasteiger partial charge in [0.15, 0.2) is 0 Å². The van der Waals surface area contributed by atoms with Crippen LogP contribution in [0.5, 0.6) is 11.5 Å². The number of ether oxygens (including phenoxy) is 1. The molecule has 138 valence electrons. The van der Waals surface area contributed by atoms with Crippen LogP contribution < -0.4 is 5.43 Å². The predicted molar refractivity (Wildman–Crippen MR) is 101 cm³/mol. The molecule has 0 aliphatic carbocycles. The lowest BCUT2D eigenvalue weighted by atomic mass is 10.0. The maximum atomic E-state index is 13.0. The van der Waals surface area contributed by atoms with E-state index in [-0.39, 0.29) is 33.5 Å². The van der Waals surface area contributed by atoms with E-state index in [1.807, 2.05) is 13.8 Å². The molecule has 0 aliphatic rings. The lowest BCUT2D eigenvalue weighted by Gasteiger charge is -2.19. The minimum absolute atomic E-state index is 0.0793. The molecule has 27 heavy (non-hydrogen) atoms. The van der Waals surface area contributed by atoms with Crippen LogP contribution in [0.25, 0.3) is 33.1 Å². The van der Waals surface area contributed by atoms with Gasteiger partial charge in [-0.1, -0.05) is 12.1 Å². The zero-order valence-corrected chi connectivity index (χ0v) is 15.1. The molecule has 4 rings (SSSR count). The number of benzene rings is 2. The molecule has 0 radical (unpaired) electrons. The van der Waals surface area contributed by atoms with Crippen LogP contribution in [-0.2, 0) is 10.3 Å². The van der Waals surface area contributed by atoms with Gasteiger partial charge in [0.2, 0.25) is 5.43 Å². The molecule has 0 atom stereocenters. The summed E-state index contributed by atoms with van der Waals surface area (Å²) in [7, 11) is 1.57. The molecular formula is C21H18O6. The highest BCUT2D eigenvalue weighted by Gasteiger charge is 2.26. The normalized spacial score (nSPS) is 12.1. The van der Waals surface area contributed by atoms with Crippen LogP contribution in [0.15, 0.2) is 56.3 Å². The van der Waals surface area contributed by atoms with Gasteiger partial charge in [-0.15, -0.1) is 0 Å². The fourth-order valence-corrected chi connectivity index (χ4v) is 3.00. The largest absolute Gasteiger partial charge is 0.508 e. The first kappa shape index (κ1) is 17.2. The molecule has 0 amide bonds. The van der Waals surface area contributed by atoms with Gasteiger partial charge < -0.3 is 23.8 Å². The van der Waals surface area contributed by atoms with Crippen molar-refractivity contribution in [3.05, 3.63) is 58.6 Å². The van der Waals surface area contributed by atoms with E-state index in [0.717, 1.165) is 0 Å². The maximum absolute atomic E-state index is 13.0. The van der Waals surface area contributed by atoms with Crippen molar-refractivity contribution in [1.29, 1.82) is 0 Å². The molecule has 0 saturated carbocycles. The van der Waals surface area contributed by atoms with E-state index >= 15 is 0 Å². The van der Waals surface area contributed by atoms with Gasteiger partial charge in [0.05, 0.1) is 10.9 Å². The van der Waals surface area contributed by atoms with Gasteiger partial charge >= 0.3 is 0 Å². The molecule has 0 aliphatic heterocycles. The predicted octanol–water partition coefficient (Wildman–Crippen LogP) is 4.50. The van der Waals surface area contributed by atoms with E-state index in [4.69, 9.17) is 13.6 Å². The van der Waals surface area contributed by atoms with Gasteiger partial charge in [-0.3, -0.25) is 4.79 Å². The summed E-state index contributed by atoms with van der Waals surface area (Å²) in [6.45, 7) is 3.68. The summed E-state index contributed by atoms with van der Waals surface area (Å²) >= 11 is 0. The average Bonchev–Trinajstić information content (AvgIpc) is 3.08. The van der Waals surface area contributed by atoms with E-state index in [0.29, 0.717) is 22.3 Å². The fraction of sp³-hybridized carbons (Fsp3) is 0.190. The number of phenolic OH excluding ortho intramolecular Hbond substituents is 2. The Morgan fingerprint density at radius 2 is 1.74 bits per heavy atom. The first-order valence-corrected chi connectivity index (χ1v) is 8.38. The Labute approximate surface area is 154 Å². The van der Waals surface area contributed by atoms with Gasteiger partial charge in [-0.2, -0.15) is 0 Å². The van der Waals surface area contributed by atoms with E-state index < -0.39 is 5.60 Å². The lowest BCUT2D eigenvalue weighted by molar-refractivity contribution is 0.00212. The minimum atomic E-state index is -0.688. The molecule has 2 heterocycles. The summed E-state index contributed by atoms with van der Waals surface area (Å²) in [5, 5.41) is 20.7. The third-order valence-electron chi connectivity index (χ3n) is 4.82. The Balaban J connectivity index is 1.99. The Morgan fingerprint density at radius 1 is 1.04 bits per heavy atom. The van der Waals surface area contributed by atoms with Crippen LogP contribution in [-0.4, -0.2) is 17.3 Å². The summed E-state index contributed by atoms with van der Waals surface area (Å²) in [6, 6.07) is 9.44. The smallest absolute Gasteiger partial charge is 0.204 e. The van der Waals surface area contributed by atoms with Crippen molar-refractivity contribution in [2.24, 2.45) is 0 Å². The van der Waals surface area contributed by atoms with Gasteiger partial charge in [-0.05, 0) is 37.6 Å². The van der Waals surface area contributed by atoms with Crippen molar-refractivity contribution in [2.75, 3.05) is 7.11 Å². The van der Waals surface area contributed by atoms with Crippen LogP contribution in [0.3, 0.4) is 0 Å². The monoisotopic (exact) mass is 366 g/mol. The fourth-order valence-electron chi connectivity index (χ4n) is 3.00. The molecule has 0 bridgehead atoms. The molecular weight excluding hydrogens is 348 g/mol. The third kappa shape index (κ3) is 2.65. The molecule has 0 fully saturated rings. The molecule has 6 heteroatoms. The molecule has 2 aromatic carbocycles. The second-order valence-corrected chi connectivity index (χ2v) is 6.86. The highest BCUT2D eigenvalue weighted by molar-refractivity contribution is 6.02. The maximum Gasteiger partial charge on any atom is 0.204 e.